The number of aromatic nitrogens is 1. The normalized spacial score (nSPS) is 10.1. The molecule has 1 heterocycles. The summed E-state index contributed by atoms with van der Waals surface area (Å²) in [4.78, 5) is 16.1. The van der Waals surface area contributed by atoms with Crippen molar-refractivity contribution in [1.29, 1.82) is 0 Å². The largest absolute Gasteiger partial charge is 0.365 e. The highest BCUT2D eigenvalue weighted by Gasteiger charge is 2.04. The quantitative estimate of drug-likeness (QED) is 0.867. The summed E-state index contributed by atoms with van der Waals surface area (Å²) < 4.78 is 0. The minimum atomic E-state index is -0.0420. The zero-order valence-electron chi connectivity index (χ0n) is 10.1. The van der Waals surface area contributed by atoms with Crippen LogP contribution in [-0.2, 0) is 6.42 Å². The highest BCUT2D eigenvalue weighted by atomic mass is 32.1. The minimum Gasteiger partial charge on any atom is -0.365 e. The van der Waals surface area contributed by atoms with Gasteiger partial charge in [0.25, 0.3) is 5.91 Å². The van der Waals surface area contributed by atoms with E-state index in [4.69, 9.17) is 0 Å². The summed E-state index contributed by atoms with van der Waals surface area (Å²) in [5, 5.41) is 8.78. The number of rotatable bonds is 5. The number of carbonyl (C=O) groups excluding carboxylic acids is 1. The number of thiazole rings is 1. The number of benzene rings is 1. The Morgan fingerprint density at radius 2 is 2.11 bits per heavy atom. The zero-order valence-corrected chi connectivity index (χ0v) is 11.0. The lowest BCUT2D eigenvalue weighted by molar-refractivity contribution is 0.0954. The molecular weight excluding hydrogens is 246 g/mol. The third kappa shape index (κ3) is 3.30. The molecule has 0 radical (unpaired) electrons. The lowest BCUT2D eigenvalue weighted by atomic mass is 10.2. The van der Waals surface area contributed by atoms with Gasteiger partial charge in [0.2, 0.25) is 0 Å². The molecule has 0 atom stereocenters. The Labute approximate surface area is 110 Å². The van der Waals surface area contributed by atoms with Gasteiger partial charge in [-0.2, -0.15) is 0 Å². The van der Waals surface area contributed by atoms with E-state index in [0.29, 0.717) is 12.1 Å². The van der Waals surface area contributed by atoms with Crippen LogP contribution in [-0.4, -0.2) is 24.5 Å². The molecule has 18 heavy (non-hydrogen) atoms. The lowest BCUT2D eigenvalue weighted by Gasteiger charge is -2.03. The topological polar surface area (TPSA) is 54.0 Å². The molecule has 0 unspecified atom stereocenters. The van der Waals surface area contributed by atoms with E-state index in [1.165, 1.54) is 0 Å². The maximum atomic E-state index is 11.8. The lowest BCUT2D eigenvalue weighted by Crippen LogP contribution is -2.25. The Morgan fingerprint density at radius 1 is 1.33 bits per heavy atom. The van der Waals surface area contributed by atoms with E-state index < -0.39 is 0 Å². The Hall–Kier alpha value is -1.88. The molecule has 2 N–H and O–H groups in total. The molecule has 2 aromatic rings. The van der Waals surface area contributed by atoms with Crippen molar-refractivity contribution in [2.45, 2.75) is 6.42 Å². The Balaban J connectivity index is 1.80. The second kappa shape index (κ2) is 6.16. The van der Waals surface area contributed by atoms with Crippen LogP contribution in [0.5, 0.6) is 0 Å². The van der Waals surface area contributed by atoms with Crippen molar-refractivity contribution in [2.24, 2.45) is 0 Å². The summed E-state index contributed by atoms with van der Waals surface area (Å²) in [7, 11) is 1.85. The van der Waals surface area contributed by atoms with Crippen LogP contribution in [0.4, 0.5) is 5.13 Å². The van der Waals surface area contributed by atoms with Gasteiger partial charge in [-0.05, 0) is 12.1 Å². The van der Waals surface area contributed by atoms with Crippen LogP contribution in [0.1, 0.15) is 16.1 Å². The highest BCUT2D eigenvalue weighted by Crippen LogP contribution is 2.14. The van der Waals surface area contributed by atoms with Crippen LogP contribution >= 0.6 is 11.3 Å². The third-order valence-corrected chi connectivity index (χ3v) is 3.38. The van der Waals surface area contributed by atoms with E-state index >= 15 is 0 Å². The van der Waals surface area contributed by atoms with Gasteiger partial charge in [0.1, 0.15) is 0 Å². The van der Waals surface area contributed by atoms with Gasteiger partial charge in [-0.3, -0.25) is 4.79 Å². The van der Waals surface area contributed by atoms with Crippen molar-refractivity contribution in [1.82, 2.24) is 10.3 Å². The molecule has 0 saturated carbocycles. The molecular formula is C13H15N3OS. The number of carbonyl (C=O) groups is 1. The van der Waals surface area contributed by atoms with Gasteiger partial charge < -0.3 is 10.6 Å². The molecule has 0 bridgehead atoms. The minimum absolute atomic E-state index is 0.0420. The SMILES string of the molecule is CNc1nc(CCNC(=O)c2ccccc2)cs1. The predicted molar refractivity (Wildman–Crippen MR) is 74.1 cm³/mol. The molecule has 0 spiro atoms. The molecule has 5 heteroatoms. The molecule has 1 amide bonds. The van der Waals surface area contributed by atoms with Crippen molar-refractivity contribution in [3.05, 3.63) is 47.0 Å². The van der Waals surface area contributed by atoms with E-state index in [1.54, 1.807) is 23.5 Å². The Kier molecular flexibility index (Phi) is 4.30. The van der Waals surface area contributed by atoms with Crippen LogP contribution in [0, 0.1) is 0 Å². The van der Waals surface area contributed by atoms with Gasteiger partial charge in [-0.15, -0.1) is 11.3 Å². The summed E-state index contributed by atoms with van der Waals surface area (Å²) in [6, 6.07) is 9.21. The summed E-state index contributed by atoms with van der Waals surface area (Å²) in [6.07, 6.45) is 0.747. The molecule has 4 nitrogen and oxygen atoms in total. The van der Waals surface area contributed by atoms with Gasteiger partial charge in [0.05, 0.1) is 5.69 Å². The standard InChI is InChI=1S/C13H15N3OS/c1-14-13-16-11(9-18-13)7-8-15-12(17)10-5-3-2-4-6-10/h2-6,9H,7-8H2,1H3,(H,14,16)(H,15,17). The van der Waals surface area contributed by atoms with Crippen LogP contribution in [0.3, 0.4) is 0 Å². The first-order chi connectivity index (χ1) is 8.79. The maximum absolute atomic E-state index is 11.8. The monoisotopic (exact) mass is 261 g/mol. The zero-order chi connectivity index (χ0) is 12.8. The molecule has 0 aliphatic rings. The van der Waals surface area contributed by atoms with E-state index in [1.807, 2.05) is 30.6 Å². The second-order valence-electron chi connectivity index (χ2n) is 3.77. The molecule has 0 fully saturated rings. The molecule has 1 aromatic carbocycles. The number of hydrogen-bond donors (Lipinski definition) is 2. The van der Waals surface area contributed by atoms with Crippen molar-refractivity contribution in [3.63, 3.8) is 0 Å². The smallest absolute Gasteiger partial charge is 0.251 e. The van der Waals surface area contributed by atoms with Gasteiger partial charge in [0, 0.05) is 31.0 Å². The van der Waals surface area contributed by atoms with Crippen molar-refractivity contribution < 1.29 is 4.79 Å². The van der Waals surface area contributed by atoms with Crippen LogP contribution in [0.25, 0.3) is 0 Å². The van der Waals surface area contributed by atoms with E-state index in [0.717, 1.165) is 17.2 Å². The number of nitrogens with zero attached hydrogens (tertiary/aromatic N) is 1. The molecule has 94 valence electrons. The Bertz CT molecular complexity index is 510. The van der Waals surface area contributed by atoms with Crippen molar-refractivity contribution in [3.8, 4) is 0 Å². The summed E-state index contributed by atoms with van der Waals surface area (Å²) in [6.45, 7) is 0.598. The number of nitrogens with one attached hydrogen (secondary N) is 2. The summed E-state index contributed by atoms with van der Waals surface area (Å²) in [5.41, 5.74) is 1.68. The fourth-order valence-corrected chi connectivity index (χ4v) is 2.24. The van der Waals surface area contributed by atoms with Gasteiger partial charge >= 0.3 is 0 Å². The van der Waals surface area contributed by atoms with Gasteiger partial charge in [0.15, 0.2) is 5.13 Å². The molecule has 1 aromatic heterocycles. The van der Waals surface area contributed by atoms with Gasteiger partial charge in [-0.1, -0.05) is 18.2 Å². The van der Waals surface area contributed by atoms with Crippen LogP contribution in [0.2, 0.25) is 0 Å². The van der Waals surface area contributed by atoms with E-state index in [2.05, 4.69) is 15.6 Å². The Morgan fingerprint density at radius 3 is 2.78 bits per heavy atom. The summed E-state index contributed by atoms with van der Waals surface area (Å²) in [5.74, 6) is -0.0420. The first-order valence-electron chi connectivity index (χ1n) is 5.75. The number of amides is 1. The molecule has 0 aliphatic heterocycles. The number of anilines is 1. The van der Waals surface area contributed by atoms with Crippen molar-refractivity contribution in [2.75, 3.05) is 18.9 Å². The van der Waals surface area contributed by atoms with E-state index in [9.17, 15) is 4.79 Å². The molecule has 0 saturated heterocycles. The molecule has 2 rings (SSSR count). The summed E-state index contributed by atoms with van der Waals surface area (Å²) >= 11 is 1.57. The predicted octanol–water partition coefficient (Wildman–Crippen LogP) is 2.16. The average Bonchev–Trinajstić information content (AvgIpc) is 2.87. The van der Waals surface area contributed by atoms with Crippen molar-refractivity contribution >= 4 is 22.4 Å². The maximum Gasteiger partial charge on any atom is 0.251 e. The van der Waals surface area contributed by atoms with Crippen LogP contribution < -0.4 is 10.6 Å². The average molecular weight is 261 g/mol. The second-order valence-corrected chi connectivity index (χ2v) is 4.62. The van der Waals surface area contributed by atoms with Crippen LogP contribution in [0.15, 0.2) is 35.7 Å². The highest BCUT2D eigenvalue weighted by molar-refractivity contribution is 7.13. The van der Waals surface area contributed by atoms with Gasteiger partial charge in [-0.25, -0.2) is 4.98 Å². The first-order valence-corrected chi connectivity index (χ1v) is 6.63. The molecule has 0 aliphatic carbocycles. The first kappa shape index (κ1) is 12.6. The fraction of sp³-hybridized carbons (Fsp3) is 0.231. The fourth-order valence-electron chi connectivity index (χ4n) is 1.53. The third-order valence-electron chi connectivity index (χ3n) is 2.47. The number of hydrogen-bond acceptors (Lipinski definition) is 4. The van der Waals surface area contributed by atoms with E-state index in [-0.39, 0.29) is 5.91 Å².